The molecule has 0 radical (unpaired) electrons. The summed E-state index contributed by atoms with van der Waals surface area (Å²) in [5, 5.41) is 8.44. The average Bonchev–Trinajstić information content (AvgIpc) is 2.20. The van der Waals surface area contributed by atoms with Gasteiger partial charge in [0, 0.05) is 0 Å². The second-order valence-electron chi connectivity index (χ2n) is 3.00. The third kappa shape index (κ3) is 3.94. The van der Waals surface area contributed by atoms with E-state index in [0.717, 1.165) is 6.07 Å². The van der Waals surface area contributed by atoms with Crippen molar-refractivity contribution in [2.75, 3.05) is 0 Å². The minimum absolute atomic E-state index is 0.0976. The van der Waals surface area contributed by atoms with Crippen LogP contribution in [0.2, 0.25) is 0 Å². The Labute approximate surface area is 112 Å². The Balaban J connectivity index is 3.24. The molecule has 0 fully saturated rings. The normalized spacial score (nSPS) is 11.4. The lowest BCUT2D eigenvalue weighted by Gasteiger charge is -2.12. The maximum atomic E-state index is 12.6. The van der Waals surface area contributed by atoms with Crippen molar-refractivity contribution in [1.29, 1.82) is 5.26 Å². The van der Waals surface area contributed by atoms with Gasteiger partial charge in [-0.2, -0.15) is 5.26 Å². The number of nitrogens with zero attached hydrogens (tertiary/aromatic N) is 2. The number of ether oxygens (including phenoxy) is 1. The van der Waals surface area contributed by atoms with Gasteiger partial charge in [-0.15, -0.1) is 13.2 Å². The van der Waals surface area contributed by atoms with Crippen LogP contribution in [0.3, 0.4) is 0 Å². The summed E-state index contributed by atoms with van der Waals surface area (Å²) in [7, 11) is 0. The largest absolute Gasteiger partial charge is 0.574 e. The van der Waals surface area contributed by atoms with Crippen LogP contribution >= 0.6 is 22.6 Å². The molecule has 0 amide bonds. The minimum Gasteiger partial charge on any atom is -0.387 e. The quantitative estimate of drug-likeness (QED) is 0.597. The monoisotopic (exact) mass is 378 g/mol. The third-order valence-electron chi connectivity index (χ3n) is 1.74. The van der Waals surface area contributed by atoms with Gasteiger partial charge in [0.25, 0.3) is 6.43 Å². The Kier molecular flexibility index (Phi) is 4.66. The first-order valence-corrected chi connectivity index (χ1v) is 5.42. The van der Waals surface area contributed by atoms with Crippen LogP contribution in [-0.2, 0) is 6.42 Å². The lowest BCUT2D eigenvalue weighted by molar-refractivity contribution is -0.276. The van der Waals surface area contributed by atoms with Gasteiger partial charge in [-0.05, 0) is 34.2 Å². The fraction of sp³-hybridized carbons (Fsp3) is 0.333. The molecule has 1 rings (SSSR count). The van der Waals surface area contributed by atoms with Gasteiger partial charge in [0.2, 0.25) is 5.88 Å². The standard InChI is InChI=1S/C9H4F5IN2O/c10-7(11)6-4(1-2-16)3-5(15)8(17-6)18-9(12,13)14/h3,7H,1H2. The molecule has 0 bridgehead atoms. The van der Waals surface area contributed by atoms with Crippen molar-refractivity contribution >= 4 is 22.6 Å². The predicted octanol–water partition coefficient (Wildman–Crippen LogP) is 3.59. The Morgan fingerprint density at radius 1 is 1.44 bits per heavy atom. The predicted molar refractivity (Wildman–Crippen MR) is 57.9 cm³/mol. The molecule has 1 aromatic rings. The van der Waals surface area contributed by atoms with Crippen molar-refractivity contribution in [1.82, 2.24) is 4.98 Å². The number of pyridine rings is 1. The molecule has 0 atom stereocenters. The van der Waals surface area contributed by atoms with Crippen LogP contribution in [0.5, 0.6) is 5.88 Å². The SMILES string of the molecule is N#CCc1cc(I)c(OC(F)(F)F)nc1C(F)F. The van der Waals surface area contributed by atoms with Crippen LogP contribution in [0.25, 0.3) is 0 Å². The van der Waals surface area contributed by atoms with Gasteiger partial charge in [0.1, 0.15) is 5.69 Å². The van der Waals surface area contributed by atoms with E-state index in [1.165, 1.54) is 22.6 Å². The topological polar surface area (TPSA) is 45.9 Å². The number of aromatic nitrogens is 1. The molecular weight excluding hydrogens is 374 g/mol. The Morgan fingerprint density at radius 2 is 2.06 bits per heavy atom. The number of alkyl halides is 5. The highest BCUT2D eigenvalue weighted by Gasteiger charge is 2.33. The smallest absolute Gasteiger partial charge is 0.387 e. The van der Waals surface area contributed by atoms with Gasteiger partial charge in [-0.1, -0.05) is 0 Å². The highest BCUT2D eigenvalue weighted by atomic mass is 127. The molecule has 1 aromatic heterocycles. The maximum Gasteiger partial charge on any atom is 0.574 e. The van der Waals surface area contributed by atoms with Crippen LogP contribution in [-0.4, -0.2) is 11.3 Å². The molecule has 0 unspecified atom stereocenters. The number of hydrogen-bond donors (Lipinski definition) is 0. The molecule has 0 aliphatic heterocycles. The summed E-state index contributed by atoms with van der Waals surface area (Å²) in [5.41, 5.74) is -0.998. The molecule has 0 aromatic carbocycles. The zero-order valence-electron chi connectivity index (χ0n) is 8.43. The average molecular weight is 378 g/mol. The van der Waals surface area contributed by atoms with Crippen LogP contribution in [0.15, 0.2) is 6.07 Å². The highest BCUT2D eigenvalue weighted by molar-refractivity contribution is 14.1. The Bertz CT molecular complexity index is 483. The second kappa shape index (κ2) is 5.64. The summed E-state index contributed by atoms with van der Waals surface area (Å²) in [5.74, 6) is -0.944. The van der Waals surface area contributed by atoms with Crippen molar-refractivity contribution in [3.63, 3.8) is 0 Å². The Morgan fingerprint density at radius 3 is 2.50 bits per heavy atom. The van der Waals surface area contributed by atoms with Crippen molar-refractivity contribution < 1.29 is 26.7 Å². The van der Waals surface area contributed by atoms with Crippen molar-refractivity contribution in [3.05, 3.63) is 20.9 Å². The molecule has 0 saturated carbocycles. The van der Waals surface area contributed by atoms with E-state index in [9.17, 15) is 22.0 Å². The first-order valence-electron chi connectivity index (χ1n) is 4.34. The van der Waals surface area contributed by atoms with Gasteiger partial charge in [-0.3, -0.25) is 0 Å². The summed E-state index contributed by atoms with van der Waals surface area (Å²) < 4.78 is 64.6. The van der Waals surface area contributed by atoms with E-state index in [4.69, 9.17) is 5.26 Å². The lowest BCUT2D eigenvalue weighted by Crippen LogP contribution is -2.19. The number of hydrogen-bond acceptors (Lipinski definition) is 3. The molecule has 3 nitrogen and oxygen atoms in total. The molecule has 0 N–H and O–H groups in total. The minimum atomic E-state index is -5.01. The van der Waals surface area contributed by atoms with Gasteiger partial charge in [0.05, 0.1) is 16.1 Å². The zero-order valence-corrected chi connectivity index (χ0v) is 10.6. The summed E-state index contributed by atoms with van der Waals surface area (Å²) in [6.45, 7) is 0. The molecule has 0 saturated heterocycles. The molecule has 0 aliphatic carbocycles. The van der Waals surface area contributed by atoms with Gasteiger partial charge in [0.15, 0.2) is 0 Å². The molecule has 0 aliphatic rings. The van der Waals surface area contributed by atoms with E-state index in [0.29, 0.717) is 0 Å². The molecule has 1 heterocycles. The maximum absolute atomic E-state index is 12.6. The van der Waals surface area contributed by atoms with Crippen LogP contribution in [0, 0.1) is 14.9 Å². The Hall–Kier alpha value is -1.18. The molecular formula is C9H4F5IN2O. The molecule has 9 heteroatoms. The highest BCUT2D eigenvalue weighted by Crippen LogP contribution is 2.31. The molecule has 18 heavy (non-hydrogen) atoms. The number of halogens is 6. The number of nitriles is 1. The first-order chi connectivity index (χ1) is 8.24. The molecule has 0 spiro atoms. The fourth-order valence-corrected chi connectivity index (χ4v) is 1.73. The van der Waals surface area contributed by atoms with E-state index in [2.05, 4.69) is 9.72 Å². The van der Waals surface area contributed by atoms with Crippen molar-refractivity contribution in [2.45, 2.75) is 19.2 Å². The van der Waals surface area contributed by atoms with Crippen LogP contribution in [0.4, 0.5) is 22.0 Å². The first kappa shape index (κ1) is 14.9. The van der Waals surface area contributed by atoms with E-state index in [1.54, 1.807) is 6.07 Å². The second-order valence-corrected chi connectivity index (χ2v) is 4.17. The third-order valence-corrected chi connectivity index (χ3v) is 2.52. The number of rotatable bonds is 3. The lowest BCUT2D eigenvalue weighted by atomic mass is 10.1. The summed E-state index contributed by atoms with van der Waals surface area (Å²) in [6, 6.07) is 2.66. The van der Waals surface area contributed by atoms with Gasteiger partial charge < -0.3 is 4.74 Å². The van der Waals surface area contributed by atoms with E-state index in [1.807, 2.05) is 0 Å². The van der Waals surface area contributed by atoms with E-state index in [-0.39, 0.29) is 15.6 Å². The zero-order chi connectivity index (χ0) is 13.9. The van der Waals surface area contributed by atoms with E-state index >= 15 is 0 Å². The van der Waals surface area contributed by atoms with Crippen LogP contribution in [0.1, 0.15) is 17.7 Å². The summed E-state index contributed by atoms with van der Waals surface area (Å²) >= 11 is 1.46. The van der Waals surface area contributed by atoms with Crippen LogP contribution < -0.4 is 4.74 Å². The summed E-state index contributed by atoms with van der Waals surface area (Å²) in [4.78, 5) is 3.12. The molecule has 98 valence electrons. The van der Waals surface area contributed by atoms with Crippen molar-refractivity contribution in [2.24, 2.45) is 0 Å². The summed E-state index contributed by atoms with van der Waals surface area (Å²) in [6.07, 6.45) is -8.46. The van der Waals surface area contributed by atoms with Gasteiger partial charge in [-0.25, -0.2) is 13.8 Å². The van der Waals surface area contributed by atoms with Crippen molar-refractivity contribution in [3.8, 4) is 11.9 Å². The van der Waals surface area contributed by atoms with Gasteiger partial charge >= 0.3 is 6.36 Å². The van der Waals surface area contributed by atoms with E-state index < -0.39 is 24.4 Å². The fourth-order valence-electron chi connectivity index (χ4n) is 1.12.